The summed E-state index contributed by atoms with van der Waals surface area (Å²) < 4.78 is 6.10. The maximum Gasteiger partial charge on any atom is 0.246 e. The molecule has 3 heterocycles. The molecule has 5 rings (SSSR count). The Morgan fingerprint density at radius 3 is 2.29 bits per heavy atom. The first-order valence-electron chi connectivity index (χ1n) is 22.8. The number of thiazole rings is 1. The number of aliphatic hydroxyl groups is 1. The number of halogens is 1. The Kier molecular flexibility index (Phi) is 18.1. The van der Waals surface area contributed by atoms with Crippen LogP contribution in [0.2, 0.25) is 5.02 Å². The summed E-state index contributed by atoms with van der Waals surface area (Å²) in [5.74, 6) is -2.13. The molecule has 8 N–H and O–H groups in total. The van der Waals surface area contributed by atoms with Crippen LogP contribution in [0.5, 0.6) is 5.75 Å². The van der Waals surface area contributed by atoms with Crippen LogP contribution in [-0.2, 0) is 35.2 Å². The molecule has 0 saturated carbocycles. The Balaban J connectivity index is 1.16. The molecule has 2 fully saturated rings. The van der Waals surface area contributed by atoms with E-state index in [1.54, 1.807) is 29.0 Å². The van der Waals surface area contributed by atoms with Gasteiger partial charge in [0.15, 0.2) is 0 Å². The van der Waals surface area contributed by atoms with E-state index < -0.39 is 53.5 Å². The van der Waals surface area contributed by atoms with Crippen molar-refractivity contribution in [2.24, 2.45) is 22.8 Å². The first-order valence-corrected chi connectivity index (χ1v) is 24.1. The zero-order chi connectivity index (χ0) is 48.5. The van der Waals surface area contributed by atoms with E-state index in [-0.39, 0.29) is 74.4 Å². The number of nitrogens with one attached hydrogen (secondary N) is 3. The van der Waals surface area contributed by atoms with Crippen molar-refractivity contribution in [2.45, 2.75) is 142 Å². The molecule has 1 aromatic heterocycles. The maximum absolute atomic E-state index is 14.2. The van der Waals surface area contributed by atoms with Crippen molar-refractivity contribution in [1.29, 1.82) is 0 Å². The van der Waals surface area contributed by atoms with Gasteiger partial charge in [0.05, 0.1) is 45.3 Å². The molecule has 4 unspecified atom stereocenters. The predicted molar refractivity (Wildman–Crippen MR) is 254 cm³/mol. The van der Waals surface area contributed by atoms with Gasteiger partial charge < -0.3 is 47.1 Å². The van der Waals surface area contributed by atoms with Gasteiger partial charge in [0, 0.05) is 32.4 Å². The number of likely N-dealkylation sites (tertiary alicyclic amines) is 2. The summed E-state index contributed by atoms with van der Waals surface area (Å²) in [7, 11) is 0. The number of carbonyl (C=O) groups excluding carboxylic acids is 6. The van der Waals surface area contributed by atoms with Gasteiger partial charge in [-0.2, -0.15) is 0 Å². The normalized spacial score (nSPS) is 19.2. The van der Waals surface area contributed by atoms with E-state index >= 15 is 0 Å². The van der Waals surface area contributed by atoms with Crippen LogP contribution in [0.4, 0.5) is 0 Å². The number of β-amino-alcohol motifs (C(OH)–C–C–N with tert-alkyl or cyclic N) is 1. The molecule has 0 bridgehead atoms. The van der Waals surface area contributed by atoms with Crippen molar-refractivity contribution in [3.63, 3.8) is 0 Å². The number of amides is 6. The second kappa shape index (κ2) is 23.1. The molecule has 66 heavy (non-hydrogen) atoms. The summed E-state index contributed by atoms with van der Waals surface area (Å²) in [5.41, 5.74) is 16.2. The number of hydrogen-bond acceptors (Lipinski definition) is 11. The number of hydrogen-bond donors (Lipinski definition) is 6. The van der Waals surface area contributed by atoms with Gasteiger partial charge >= 0.3 is 0 Å². The van der Waals surface area contributed by atoms with Crippen LogP contribution in [0.1, 0.15) is 109 Å². The molecular weight excluding hydrogens is 884 g/mol. The second-order valence-electron chi connectivity index (χ2n) is 18.9. The van der Waals surface area contributed by atoms with Gasteiger partial charge in [0.2, 0.25) is 35.4 Å². The zero-order valence-electron chi connectivity index (χ0n) is 39.1. The van der Waals surface area contributed by atoms with Gasteiger partial charge in [0.1, 0.15) is 30.5 Å². The topological polar surface area (TPSA) is 239 Å². The van der Waals surface area contributed by atoms with Gasteiger partial charge in [-0.25, -0.2) is 4.98 Å². The molecule has 2 saturated heterocycles. The lowest BCUT2D eigenvalue weighted by Gasteiger charge is -2.35. The predicted octanol–water partition coefficient (Wildman–Crippen LogP) is 4.57. The fourth-order valence-electron chi connectivity index (χ4n) is 8.33. The third-order valence-electron chi connectivity index (χ3n) is 12.3. The average Bonchev–Trinajstić information content (AvgIpc) is 4.03. The largest absolute Gasteiger partial charge is 0.490 e. The standard InChI is InChI=1S/C48H67ClN8O8S/c1-27(2)41(51)46(63)56-22-10-13-35(56)44(61)54-33(20-21-38(50)59)25-65-37-14-8-11-31(40(37)49)12-9-15-39(60)55-43(48(5,6)7)47(64)57-24-34(58)23-36(57)45(62)53-28(3)30-16-18-32(19-17-30)42-29(4)52-26-66-42/h8,11,14,16-19,26-28,33-36,41,43,58H,9-10,12-13,15,20-25,51H2,1-7H3,(H2,50,59)(H,53,62)(H,54,61)(H,55,60)/t28?,33?,34-,35+,36+,41?,43?/m1/s1. The highest BCUT2D eigenvalue weighted by Crippen LogP contribution is 2.32. The summed E-state index contributed by atoms with van der Waals surface area (Å²) >= 11 is 8.37. The first kappa shape index (κ1) is 51.9. The summed E-state index contributed by atoms with van der Waals surface area (Å²) in [5, 5.41) is 19.9. The van der Waals surface area contributed by atoms with E-state index in [2.05, 4.69) is 20.9 Å². The molecular formula is C48H67ClN8O8S. The molecule has 7 atom stereocenters. The summed E-state index contributed by atoms with van der Waals surface area (Å²) in [4.78, 5) is 88.0. The molecule has 2 aliphatic rings. The zero-order valence-corrected chi connectivity index (χ0v) is 40.7. The minimum atomic E-state index is -0.982. The lowest BCUT2D eigenvalue weighted by Crippen LogP contribution is -2.57. The second-order valence-corrected chi connectivity index (χ2v) is 20.2. The Morgan fingerprint density at radius 2 is 1.65 bits per heavy atom. The number of nitrogens with zero attached hydrogens (tertiary/aromatic N) is 3. The molecule has 3 aromatic rings. The molecule has 6 amide bonds. The minimum absolute atomic E-state index is 0.00259. The lowest BCUT2D eigenvalue weighted by atomic mass is 9.85. The van der Waals surface area contributed by atoms with E-state index in [4.69, 9.17) is 27.8 Å². The number of aryl methyl sites for hydroxylation is 2. The van der Waals surface area contributed by atoms with Crippen molar-refractivity contribution in [1.82, 2.24) is 30.7 Å². The summed E-state index contributed by atoms with van der Waals surface area (Å²) in [6.45, 7) is 13.4. The minimum Gasteiger partial charge on any atom is -0.490 e. The van der Waals surface area contributed by atoms with Crippen LogP contribution in [0.15, 0.2) is 48.0 Å². The monoisotopic (exact) mass is 950 g/mol. The first-order chi connectivity index (χ1) is 31.2. The van der Waals surface area contributed by atoms with Crippen molar-refractivity contribution in [2.75, 3.05) is 19.7 Å². The van der Waals surface area contributed by atoms with E-state index in [9.17, 15) is 33.9 Å². The Hall–Kier alpha value is -5.10. The summed E-state index contributed by atoms with van der Waals surface area (Å²) in [6.07, 6.45) is 1.35. The molecule has 0 radical (unpaired) electrons. The SMILES string of the molecule is Cc1ncsc1-c1ccc(C(C)NC(=O)[C@@H]2C[C@@H](O)CN2C(=O)C(NC(=O)CCCc2cccc(OCC(CCC(N)=O)NC(=O)[C@@H]3CCCN3C(=O)C(N)C(C)C)c2Cl)C(C)(C)C)cc1. The van der Waals surface area contributed by atoms with Gasteiger partial charge in [-0.05, 0) is 80.0 Å². The number of primary amides is 1. The Bertz CT molecular complexity index is 2200. The molecule has 2 aliphatic heterocycles. The highest BCUT2D eigenvalue weighted by atomic mass is 35.5. The number of rotatable bonds is 20. The molecule has 2 aromatic carbocycles. The number of aromatic nitrogens is 1. The molecule has 18 heteroatoms. The number of aliphatic hydroxyl groups excluding tert-OH is 1. The fourth-order valence-corrected chi connectivity index (χ4v) is 9.42. The van der Waals surface area contributed by atoms with Crippen molar-refractivity contribution < 1.29 is 38.6 Å². The lowest BCUT2D eigenvalue weighted by molar-refractivity contribution is -0.144. The van der Waals surface area contributed by atoms with Gasteiger partial charge in [-0.1, -0.05) is 82.6 Å². The Morgan fingerprint density at radius 1 is 0.955 bits per heavy atom. The maximum atomic E-state index is 14.2. The van der Waals surface area contributed by atoms with Crippen LogP contribution in [0.25, 0.3) is 10.4 Å². The highest BCUT2D eigenvalue weighted by Gasteiger charge is 2.45. The van der Waals surface area contributed by atoms with Crippen molar-refractivity contribution >= 4 is 58.4 Å². The third kappa shape index (κ3) is 13.5. The number of nitrogens with two attached hydrogens (primary N) is 2. The summed E-state index contributed by atoms with van der Waals surface area (Å²) in [6, 6.07) is 8.82. The third-order valence-corrected chi connectivity index (χ3v) is 13.7. The number of carbonyl (C=O) groups is 6. The van der Waals surface area contributed by atoms with E-state index in [0.29, 0.717) is 48.6 Å². The number of benzene rings is 2. The number of ether oxygens (including phenoxy) is 1. The van der Waals surface area contributed by atoms with Crippen LogP contribution in [0, 0.1) is 18.3 Å². The fraction of sp³-hybridized carbons (Fsp3) is 0.562. The van der Waals surface area contributed by atoms with E-state index in [1.807, 2.05) is 78.8 Å². The van der Waals surface area contributed by atoms with Gasteiger partial charge in [0.25, 0.3) is 0 Å². The molecule has 16 nitrogen and oxygen atoms in total. The molecule has 360 valence electrons. The van der Waals surface area contributed by atoms with Crippen molar-refractivity contribution in [3.05, 3.63) is 69.8 Å². The van der Waals surface area contributed by atoms with Gasteiger partial charge in [-0.15, -0.1) is 11.3 Å². The Labute approximate surface area is 396 Å². The smallest absolute Gasteiger partial charge is 0.246 e. The van der Waals surface area contributed by atoms with Crippen molar-refractivity contribution in [3.8, 4) is 16.2 Å². The van der Waals surface area contributed by atoms with Crippen LogP contribution in [0.3, 0.4) is 0 Å². The highest BCUT2D eigenvalue weighted by molar-refractivity contribution is 7.13. The quantitative estimate of drug-likeness (QED) is 0.0923. The molecule has 0 spiro atoms. The van der Waals surface area contributed by atoms with Gasteiger partial charge in [-0.3, -0.25) is 28.8 Å². The van der Waals surface area contributed by atoms with E-state index in [0.717, 1.165) is 21.7 Å². The van der Waals surface area contributed by atoms with E-state index in [1.165, 1.54) is 9.80 Å². The van der Waals surface area contributed by atoms with Crippen LogP contribution < -0.4 is 32.2 Å². The van der Waals surface area contributed by atoms with Crippen LogP contribution in [-0.4, -0.2) is 111 Å². The average molecular weight is 952 g/mol. The van der Waals surface area contributed by atoms with Crippen LogP contribution >= 0.6 is 22.9 Å². The molecule has 0 aliphatic carbocycles.